The second-order valence-electron chi connectivity index (χ2n) is 14.7. The maximum atomic E-state index is 10.1. The van der Waals surface area contributed by atoms with Crippen molar-refractivity contribution in [1.82, 2.24) is 0 Å². The van der Waals surface area contributed by atoms with Gasteiger partial charge in [0, 0.05) is 0 Å². The number of hydrogen-bond acceptors (Lipinski definition) is 1. The van der Waals surface area contributed by atoms with Crippen LogP contribution in [0.1, 0.15) is 220 Å². The molecule has 0 bridgehead atoms. The molecule has 0 aliphatic carbocycles. The molecule has 2 atom stereocenters. The molecule has 268 valence electrons. The zero-order valence-corrected chi connectivity index (χ0v) is 32.0. The van der Waals surface area contributed by atoms with Crippen LogP contribution in [-0.2, 0) is 0 Å². The summed E-state index contributed by atoms with van der Waals surface area (Å²) in [5, 5.41) is 10.1. The highest BCUT2D eigenvalue weighted by molar-refractivity contribution is 4.82. The first-order valence-corrected chi connectivity index (χ1v) is 20.9. The standard InChI is InChI=1S/C43H86NO/c1-6-10-12-14-16-18-20-22-24-26-28-30-32-34-36-38-42(8-3)44(5,40-41-45)43(9-4)39-37-35-33-31-29-27-25-23-21-19-17-15-13-11-7-2/h22-25,42-43,45H,6-21,26-41H2,1-5H3/q+1/b24-22-,25-23-. The molecular formula is C43H86NO+. The summed E-state index contributed by atoms with van der Waals surface area (Å²) >= 11 is 0. The molecule has 0 amide bonds. The lowest BCUT2D eigenvalue weighted by molar-refractivity contribution is -0.957. The van der Waals surface area contributed by atoms with E-state index in [0.29, 0.717) is 18.7 Å². The number of rotatable bonds is 36. The van der Waals surface area contributed by atoms with Crippen LogP contribution in [-0.4, -0.2) is 41.9 Å². The summed E-state index contributed by atoms with van der Waals surface area (Å²) in [5.74, 6) is 0. The number of allylic oxidation sites excluding steroid dienone is 4. The van der Waals surface area contributed by atoms with Crippen molar-refractivity contribution in [3.63, 3.8) is 0 Å². The van der Waals surface area contributed by atoms with Crippen LogP contribution in [0.2, 0.25) is 0 Å². The minimum atomic E-state index is 0.322. The van der Waals surface area contributed by atoms with Gasteiger partial charge in [-0.15, -0.1) is 0 Å². The van der Waals surface area contributed by atoms with E-state index in [9.17, 15) is 5.11 Å². The van der Waals surface area contributed by atoms with Gasteiger partial charge in [-0.2, -0.15) is 0 Å². The van der Waals surface area contributed by atoms with Crippen molar-refractivity contribution in [2.45, 2.75) is 232 Å². The van der Waals surface area contributed by atoms with E-state index in [-0.39, 0.29) is 0 Å². The van der Waals surface area contributed by atoms with E-state index in [4.69, 9.17) is 0 Å². The maximum absolute atomic E-state index is 10.1. The van der Waals surface area contributed by atoms with Gasteiger partial charge in [-0.05, 0) is 89.9 Å². The zero-order valence-electron chi connectivity index (χ0n) is 32.0. The fourth-order valence-electron chi connectivity index (χ4n) is 7.61. The van der Waals surface area contributed by atoms with Crippen molar-refractivity contribution in [2.24, 2.45) is 0 Å². The van der Waals surface area contributed by atoms with Crippen LogP contribution in [0.4, 0.5) is 0 Å². The second-order valence-corrected chi connectivity index (χ2v) is 14.7. The Morgan fingerprint density at radius 1 is 0.422 bits per heavy atom. The quantitative estimate of drug-likeness (QED) is 0.0414. The summed E-state index contributed by atoms with van der Waals surface area (Å²) in [6.07, 6.45) is 50.5. The first kappa shape index (κ1) is 44.4. The van der Waals surface area contributed by atoms with Crippen LogP contribution in [0.25, 0.3) is 0 Å². The van der Waals surface area contributed by atoms with E-state index in [2.05, 4.69) is 59.0 Å². The normalized spacial score (nSPS) is 14.9. The molecule has 0 fully saturated rings. The van der Waals surface area contributed by atoms with Gasteiger partial charge < -0.3 is 9.59 Å². The molecule has 0 aromatic carbocycles. The van der Waals surface area contributed by atoms with Crippen LogP contribution in [0, 0.1) is 0 Å². The average Bonchev–Trinajstić information content (AvgIpc) is 3.04. The van der Waals surface area contributed by atoms with Crippen molar-refractivity contribution >= 4 is 0 Å². The van der Waals surface area contributed by atoms with Gasteiger partial charge in [0.1, 0.15) is 6.54 Å². The number of hydrogen-bond donors (Lipinski definition) is 1. The van der Waals surface area contributed by atoms with Crippen molar-refractivity contribution in [2.75, 3.05) is 20.2 Å². The van der Waals surface area contributed by atoms with E-state index >= 15 is 0 Å². The molecule has 0 spiro atoms. The van der Waals surface area contributed by atoms with E-state index in [1.54, 1.807) is 0 Å². The highest BCUT2D eigenvalue weighted by Gasteiger charge is 2.37. The molecular weight excluding hydrogens is 546 g/mol. The summed E-state index contributed by atoms with van der Waals surface area (Å²) < 4.78 is 1.09. The van der Waals surface area contributed by atoms with Gasteiger partial charge in [0.05, 0.1) is 25.7 Å². The molecule has 2 heteroatoms. The molecule has 0 aliphatic rings. The third-order valence-electron chi connectivity index (χ3n) is 10.8. The first-order valence-electron chi connectivity index (χ1n) is 20.9. The molecule has 0 rings (SSSR count). The predicted molar refractivity (Wildman–Crippen MR) is 205 cm³/mol. The molecule has 0 saturated carbocycles. The van der Waals surface area contributed by atoms with Gasteiger partial charge in [-0.3, -0.25) is 0 Å². The second kappa shape index (κ2) is 34.7. The minimum absolute atomic E-state index is 0.322. The Morgan fingerprint density at radius 2 is 0.711 bits per heavy atom. The van der Waals surface area contributed by atoms with Crippen molar-refractivity contribution in [3.05, 3.63) is 24.3 Å². The molecule has 2 unspecified atom stereocenters. The van der Waals surface area contributed by atoms with Gasteiger partial charge in [0.25, 0.3) is 0 Å². The number of aliphatic hydroxyl groups excluding tert-OH is 1. The number of aliphatic hydroxyl groups is 1. The first-order chi connectivity index (χ1) is 22.1. The summed E-state index contributed by atoms with van der Waals surface area (Å²) in [7, 11) is 2.48. The Kier molecular flexibility index (Phi) is 34.3. The number of unbranched alkanes of at least 4 members (excludes halogenated alkanes) is 22. The van der Waals surface area contributed by atoms with E-state index in [1.807, 2.05) is 0 Å². The Morgan fingerprint density at radius 3 is 1.00 bits per heavy atom. The molecule has 0 aliphatic heterocycles. The van der Waals surface area contributed by atoms with Gasteiger partial charge in [-0.25, -0.2) is 0 Å². The SMILES string of the molecule is CCCCCCCC/C=C\CCCCCCCC(CC)[N+](C)(CCO)C(CC)CCCCCCC/C=C\CCCCCCCC. The van der Waals surface area contributed by atoms with Gasteiger partial charge >= 0.3 is 0 Å². The van der Waals surface area contributed by atoms with Crippen LogP contribution in [0.5, 0.6) is 0 Å². The van der Waals surface area contributed by atoms with Gasteiger partial charge in [0.2, 0.25) is 0 Å². The van der Waals surface area contributed by atoms with Crippen molar-refractivity contribution < 1.29 is 9.59 Å². The third kappa shape index (κ3) is 26.1. The molecule has 2 nitrogen and oxygen atoms in total. The third-order valence-corrected chi connectivity index (χ3v) is 10.8. The van der Waals surface area contributed by atoms with E-state index in [0.717, 1.165) is 11.0 Å². The topological polar surface area (TPSA) is 20.2 Å². The van der Waals surface area contributed by atoms with Crippen LogP contribution >= 0.6 is 0 Å². The highest BCUT2D eigenvalue weighted by Crippen LogP contribution is 2.29. The fourth-order valence-corrected chi connectivity index (χ4v) is 7.61. The van der Waals surface area contributed by atoms with E-state index in [1.165, 1.54) is 193 Å². The summed E-state index contributed by atoms with van der Waals surface area (Å²) in [6.45, 7) is 10.6. The zero-order chi connectivity index (χ0) is 33.1. The van der Waals surface area contributed by atoms with Crippen LogP contribution in [0.3, 0.4) is 0 Å². The van der Waals surface area contributed by atoms with Gasteiger partial charge in [-0.1, -0.05) is 155 Å². The van der Waals surface area contributed by atoms with Gasteiger partial charge in [0.15, 0.2) is 0 Å². The van der Waals surface area contributed by atoms with Crippen LogP contribution in [0.15, 0.2) is 24.3 Å². The summed E-state index contributed by atoms with van der Waals surface area (Å²) in [4.78, 5) is 0. The number of nitrogens with zero attached hydrogens (tertiary/aromatic N) is 1. The summed E-state index contributed by atoms with van der Waals surface area (Å²) in [6, 6.07) is 1.38. The summed E-state index contributed by atoms with van der Waals surface area (Å²) in [5.41, 5.74) is 0. The predicted octanol–water partition coefficient (Wildman–Crippen LogP) is 14.1. The molecule has 45 heavy (non-hydrogen) atoms. The minimum Gasteiger partial charge on any atom is -0.391 e. The average molecular weight is 633 g/mol. The lowest BCUT2D eigenvalue weighted by Crippen LogP contribution is -2.59. The highest BCUT2D eigenvalue weighted by atomic mass is 16.3. The number of quaternary nitrogens is 1. The largest absolute Gasteiger partial charge is 0.391 e. The van der Waals surface area contributed by atoms with Crippen molar-refractivity contribution in [1.29, 1.82) is 0 Å². The van der Waals surface area contributed by atoms with E-state index < -0.39 is 0 Å². The molecule has 0 radical (unpaired) electrons. The molecule has 1 N–H and O–H groups in total. The Bertz CT molecular complexity index is 577. The lowest BCUT2D eigenvalue weighted by Gasteiger charge is -2.47. The molecule has 0 saturated heterocycles. The Hall–Kier alpha value is -0.600. The monoisotopic (exact) mass is 633 g/mol. The van der Waals surface area contributed by atoms with Crippen molar-refractivity contribution in [3.8, 4) is 0 Å². The fraction of sp³-hybridized carbons (Fsp3) is 0.907. The maximum Gasteiger partial charge on any atom is 0.102 e. The smallest absolute Gasteiger partial charge is 0.102 e. The molecule has 0 aromatic heterocycles. The Labute approximate surface area is 285 Å². The Balaban J connectivity index is 4.13. The van der Waals surface area contributed by atoms with Crippen LogP contribution < -0.4 is 0 Å². The molecule has 0 heterocycles. The lowest BCUT2D eigenvalue weighted by atomic mass is 9.94. The molecule has 0 aromatic rings. The number of likely N-dealkylation sites (N-methyl/N-ethyl adjacent to an activating group) is 1.